The minimum absolute atomic E-state index is 0.0898. The fourth-order valence-corrected chi connectivity index (χ4v) is 4.88. The molecule has 0 spiro atoms. The molecular formula is C22H29N3O3. The molecule has 5 rings (SSSR count). The summed E-state index contributed by atoms with van der Waals surface area (Å²) in [6.07, 6.45) is 5.59. The molecule has 150 valence electrons. The van der Waals surface area contributed by atoms with E-state index in [1.54, 1.807) is 0 Å². The highest BCUT2D eigenvalue weighted by Gasteiger charge is 2.31. The number of nitrogens with zero attached hydrogens (tertiary/aromatic N) is 2. The summed E-state index contributed by atoms with van der Waals surface area (Å²) in [6.45, 7) is 6.04. The van der Waals surface area contributed by atoms with E-state index in [1.807, 2.05) is 23.1 Å². The molecule has 3 heterocycles. The van der Waals surface area contributed by atoms with E-state index >= 15 is 0 Å². The van der Waals surface area contributed by atoms with Gasteiger partial charge in [0, 0.05) is 62.7 Å². The Kier molecular flexibility index (Phi) is 4.99. The fourth-order valence-electron chi connectivity index (χ4n) is 4.88. The van der Waals surface area contributed by atoms with Crippen molar-refractivity contribution in [3.05, 3.63) is 29.5 Å². The monoisotopic (exact) mass is 383 g/mol. The van der Waals surface area contributed by atoms with E-state index in [0.29, 0.717) is 6.04 Å². The van der Waals surface area contributed by atoms with Gasteiger partial charge in [-0.2, -0.15) is 0 Å². The van der Waals surface area contributed by atoms with Crippen LogP contribution in [0.5, 0.6) is 5.75 Å². The first-order valence-corrected chi connectivity index (χ1v) is 10.7. The number of aryl methyl sites for hydroxylation is 2. The second-order valence-corrected chi connectivity index (χ2v) is 8.23. The van der Waals surface area contributed by atoms with E-state index in [2.05, 4.69) is 10.2 Å². The van der Waals surface area contributed by atoms with Crippen LogP contribution in [0.4, 0.5) is 0 Å². The van der Waals surface area contributed by atoms with Gasteiger partial charge in [0.15, 0.2) is 6.61 Å². The lowest BCUT2D eigenvalue weighted by molar-refractivity contribution is -0.132. The number of amides is 1. The summed E-state index contributed by atoms with van der Waals surface area (Å²) in [5.41, 5.74) is 2.26. The third kappa shape index (κ3) is 3.51. The molecule has 1 amide bonds. The van der Waals surface area contributed by atoms with Crippen molar-refractivity contribution in [1.29, 1.82) is 0 Å². The Hall–Kier alpha value is -2.05. The zero-order chi connectivity index (χ0) is 18.9. The Bertz CT molecular complexity index is 856. The van der Waals surface area contributed by atoms with E-state index in [4.69, 9.17) is 9.15 Å². The lowest BCUT2D eigenvalue weighted by Gasteiger charge is -2.32. The summed E-state index contributed by atoms with van der Waals surface area (Å²) in [4.78, 5) is 17.1. The minimum atomic E-state index is 0.0898. The number of hydrogen-bond acceptors (Lipinski definition) is 5. The second kappa shape index (κ2) is 7.76. The number of carbonyl (C=O) groups is 1. The molecule has 0 bridgehead atoms. The maximum absolute atomic E-state index is 12.6. The van der Waals surface area contributed by atoms with Crippen molar-refractivity contribution in [3.8, 4) is 5.75 Å². The molecule has 3 aliphatic rings. The van der Waals surface area contributed by atoms with Gasteiger partial charge in [0.25, 0.3) is 5.91 Å². The van der Waals surface area contributed by atoms with Gasteiger partial charge in [-0.15, -0.1) is 0 Å². The van der Waals surface area contributed by atoms with Gasteiger partial charge in [0.05, 0.1) is 0 Å². The van der Waals surface area contributed by atoms with E-state index < -0.39 is 0 Å². The molecule has 1 unspecified atom stereocenters. The number of rotatable bonds is 4. The zero-order valence-electron chi connectivity index (χ0n) is 16.4. The number of fused-ring (bicyclic) bond motifs is 3. The molecule has 6 heteroatoms. The topological polar surface area (TPSA) is 58.0 Å². The fraction of sp³-hybridized carbons (Fsp3) is 0.591. The second-order valence-electron chi connectivity index (χ2n) is 8.23. The quantitative estimate of drug-likeness (QED) is 0.877. The van der Waals surface area contributed by atoms with Crippen molar-refractivity contribution in [2.24, 2.45) is 0 Å². The maximum Gasteiger partial charge on any atom is 0.260 e. The SMILES string of the molecule is O=C(COc1ccc2oc3c(c2c1)CCCC3)N1CCC(N2CCNCC2)C1. The number of benzene rings is 1. The van der Waals surface area contributed by atoms with Gasteiger partial charge in [0.2, 0.25) is 0 Å². The molecule has 28 heavy (non-hydrogen) atoms. The molecule has 2 fully saturated rings. The highest BCUT2D eigenvalue weighted by Crippen LogP contribution is 2.34. The number of ether oxygens (including phenoxy) is 1. The van der Waals surface area contributed by atoms with E-state index in [1.165, 1.54) is 18.4 Å². The van der Waals surface area contributed by atoms with Crippen LogP contribution in [0.25, 0.3) is 11.0 Å². The first-order valence-electron chi connectivity index (χ1n) is 10.7. The Morgan fingerprint density at radius 2 is 2.04 bits per heavy atom. The van der Waals surface area contributed by atoms with Gasteiger partial charge < -0.3 is 19.4 Å². The summed E-state index contributed by atoms with van der Waals surface area (Å²) in [7, 11) is 0. The van der Waals surface area contributed by atoms with E-state index in [0.717, 1.165) is 81.0 Å². The highest BCUT2D eigenvalue weighted by molar-refractivity contribution is 5.84. The third-order valence-corrected chi connectivity index (χ3v) is 6.47. The largest absolute Gasteiger partial charge is 0.484 e. The first-order chi connectivity index (χ1) is 13.8. The van der Waals surface area contributed by atoms with Crippen molar-refractivity contribution in [1.82, 2.24) is 15.1 Å². The Labute approximate surface area is 165 Å². The van der Waals surface area contributed by atoms with Gasteiger partial charge in [0.1, 0.15) is 17.1 Å². The Balaban J connectivity index is 1.20. The molecule has 2 saturated heterocycles. The molecule has 2 aromatic rings. The lowest BCUT2D eigenvalue weighted by Crippen LogP contribution is -2.49. The van der Waals surface area contributed by atoms with Crippen molar-refractivity contribution < 1.29 is 13.9 Å². The molecule has 1 aliphatic carbocycles. The van der Waals surface area contributed by atoms with Crippen molar-refractivity contribution in [2.45, 2.75) is 38.1 Å². The number of carbonyl (C=O) groups excluding carboxylic acids is 1. The van der Waals surface area contributed by atoms with Gasteiger partial charge >= 0.3 is 0 Å². The van der Waals surface area contributed by atoms with Crippen LogP contribution in [0.2, 0.25) is 0 Å². The van der Waals surface area contributed by atoms with Crippen molar-refractivity contribution in [3.63, 3.8) is 0 Å². The number of nitrogens with one attached hydrogen (secondary N) is 1. The van der Waals surface area contributed by atoms with Gasteiger partial charge in [-0.05, 0) is 43.9 Å². The van der Waals surface area contributed by atoms with Crippen LogP contribution in [0.15, 0.2) is 22.6 Å². The van der Waals surface area contributed by atoms with Crippen LogP contribution >= 0.6 is 0 Å². The van der Waals surface area contributed by atoms with E-state index in [9.17, 15) is 4.79 Å². The molecule has 6 nitrogen and oxygen atoms in total. The van der Waals surface area contributed by atoms with Crippen LogP contribution in [0.3, 0.4) is 0 Å². The summed E-state index contributed by atoms with van der Waals surface area (Å²) in [5, 5.41) is 4.54. The predicted octanol–water partition coefficient (Wildman–Crippen LogP) is 2.20. The van der Waals surface area contributed by atoms with E-state index in [-0.39, 0.29) is 12.5 Å². The smallest absolute Gasteiger partial charge is 0.260 e. The average molecular weight is 383 g/mol. The van der Waals surface area contributed by atoms with Gasteiger partial charge in [-0.1, -0.05) is 0 Å². The Morgan fingerprint density at radius 3 is 2.93 bits per heavy atom. The molecule has 1 N–H and O–H groups in total. The molecular weight excluding hydrogens is 354 g/mol. The van der Waals surface area contributed by atoms with Crippen LogP contribution < -0.4 is 10.1 Å². The summed E-state index contributed by atoms with van der Waals surface area (Å²) >= 11 is 0. The average Bonchev–Trinajstić information content (AvgIpc) is 3.38. The van der Waals surface area contributed by atoms with Crippen molar-refractivity contribution >= 4 is 16.9 Å². The standard InChI is InChI=1S/C22H29N3O3/c26-22(25-10-7-16(14-25)24-11-8-23-9-12-24)15-27-17-5-6-21-19(13-17)18-3-1-2-4-20(18)28-21/h5-6,13,16,23H,1-4,7-12,14-15H2. The maximum atomic E-state index is 12.6. The predicted molar refractivity (Wildman–Crippen MR) is 108 cm³/mol. The highest BCUT2D eigenvalue weighted by atomic mass is 16.5. The Morgan fingerprint density at radius 1 is 1.18 bits per heavy atom. The number of hydrogen-bond donors (Lipinski definition) is 1. The van der Waals surface area contributed by atoms with Gasteiger partial charge in [-0.3, -0.25) is 9.69 Å². The normalized spacial score (nSPS) is 23.1. The molecule has 0 saturated carbocycles. The van der Waals surface area contributed by atoms with Gasteiger partial charge in [-0.25, -0.2) is 0 Å². The van der Waals surface area contributed by atoms with Crippen LogP contribution in [-0.4, -0.2) is 67.6 Å². The number of likely N-dealkylation sites (tertiary alicyclic amines) is 1. The molecule has 2 aliphatic heterocycles. The summed E-state index contributed by atoms with van der Waals surface area (Å²) in [6, 6.07) is 6.44. The molecule has 1 aromatic heterocycles. The van der Waals surface area contributed by atoms with Crippen molar-refractivity contribution in [2.75, 3.05) is 45.9 Å². The molecule has 0 radical (unpaired) electrons. The van der Waals surface area contributed by atoms with Crippen LogP contribution in [-0.2, 0) is 17.6 Å². The molecule has 1 atom stereocenters. The lowest BCUT2D eigenvalue weighted by atomic mass is 9.96. The van der Waals surface area contributed by atoms with Crippen LogP contribution in [0, 0.1) is 0 Å². The first kappa shape index (κ1) is 18.0. The molecule has 1 aromatic carbocycles. The summed E-state index contributed by atoms with van der Waals surface area (Å²) < 4.78 is 11.9. The summed E-state index contributed by atoms with van der Waals surface area (Å²) in [5.74, 6) is 1.98. The minimum Gasteiger partial charge on any atom is -0.484 e. The zero-order valence-corrected chi connectivity index (χ0v) is 16.4. The van der Waals surface area contributed by atoms with Crippen LogP contribution in [0.1, 0.15) is 30.6 Å². The number of piperazine rings is 1. The number of furan rings is 1. The third-order valence-electron chi connectivity index (χ3n) is 6.47.